The molecule has 2 atom stereocenters. The van der Waals surface area contributed by atoms with Crippen molar-refractivity contribution in [2.45, 2.75) is 93.8 Å². The van der Waals surface area contributed by atoms with E-state index in [9.17, 15) is 16.8 Å². The van der Waals surface area contributed by atoms with Crippen molar-refractivity contribution in [3.05, 3.63) is 142 Å². The van der Waals surface area contributed by atoms with Gasteiger partial charge in [0, 0.05) is 32.1 Å². The van der Waals surface area contributed by atoms with Crippen molar-refractivity contribution < 1.29 is 31.3 Å². The molecule has 1 unspecified atom stereocenters. The van der Waals surface area contributed by atoms with Crippen molar-refractivity contribution in [3.8, 4) is 0 Å². The molecule has 4 aromatic rings. The Morgan fingerprint density at radius 1 is 0.661 bits per heavy atom. The van der Waals surface area contributed by atoms with E-state index in [0.29, 0.717) is 47.7 Å². The molecule has 8 rings (SSSR count). The SMILES string of the molecule is CC1(C)OO1.Cc1ccc(S(=O)(=O)N2C/C=C(\CCl)CCc3ccccc3C2)cc1.Cc1ccc(S(=O)(=O)N2Cc3ccccc3CC[C@]3(CCl)OC3C2)cc1. The first-order valence-electron chi connectivity index (χ1n) is 18.8. The molecule has 0 saturated carbocycles. The Kier molecular flexibility index (Phi) is 13.5. The van der Waals surface area contributed by atoms with Crippen LogP contribution in [0.5, 0.6) is 0 Å². The molecule has 4 aromatic carbocycles. The Hall–Kier alpha value is -3.10. The summed E-state index contributed by atoms with van der Waals surface area (Å²) >= 11 is 12.2. The number of nitrogens with zero attached hydrogens (tertiary/aromatic N) is 2. The molecule has 13 heteroatoms. The Bertz CT molecular complexity index is 2220. The zero-order valence-corrected chi connectivity index (χ0v) is 35.4. The first-order chi connectivity index (χ1) is 26.7. The minimum Gasteiger partial charge on any atom is -0.363 e. The molecule has 0 radical (unpaired) electrons. The lowest BCUT2D eigenvalue weighted by molar-refractivity contribution is 0.0850. The highest BCUT2D eigenvalue weighted by molar-refractivity contribution is 7.89. The summed E-state index contributed by atoms with van der Waals surface area (Å²) < 4.78 is 61.8. The summed E-state index contributed by atoms with van der Waals surface area (Å²) in [7, 11) is -7.17. The van der Waals surface area contributed by atoms with Gasteiger partial charge in [-0.25, -0.2) is 16.8 Å². The van der Waals surface area contributed by atoms with Crippen LogP contribution in [-0.2, 0) is 60.5 Å². The van der Waals surface area contributed by atoms with Crippen molar-refractivity contribution in [2.75, 3.05) is 24.8 Å². The van der Waals surface area contributed by atoms with Crippen LogP contribution in [0, 0.1) is 13.8 Å². The largest absolute Gasteiger partial charge is 0.363 e. The second-order valence-electron chi connectivity index (χ2n) is 15.1. The quantitative estimate of drug-likeness (QED) is 0.0829. The monoisotopic (exact) mass is 840 g/mol. The molecule has 0 aliphatic carbocycles. The standard InChI is InChI=1S/C20H22ClNO3S.C20H22ClNO2S.C3H6O2/c1-15-6-8-18(9-7-15)26(23,24)22-12-17-5-3-2-4-16(17)10-11-20(14-21)19(13-22)25-20;1-16-6-10-20(11-7-16)25(23,24)22-13-12-17(14-21)8-9-18-4-2-3-5-19(18)15-22;1-3(2)4-5-3/h2-9,19H,10-14H2,1H3;2-7,10-12H,8-9,13-15H2,1H3;1-2H3/b;17-12-;/t19?,20-;;/m1../s1. The predicted molar refractivity (Wildman–Crippen MR) is 220 cm³/mol. The van der Waals surface area contributed by atoms with Gasteiger partial charge >= 0.3 is 0 Å². The van der Waals surface area contributed by atoms with Crippen molar-refractivity contribution in [1.29, 1.82) is 0 Å². The number of epoxide rings is 1. The van der Waals surface area contributed by atoms with E-state index < -0.39 is 25.6 Å². The zero-order chi connectivity index (χ0) is 40.1. The highest BCUT2D eigenvalue weighted by Gasteiger charge is 2.57. The fourth-order valence-corrected chi connectivity index (χ4v) is 10.1. The fourth-order valence-electron chi connectivity index (χ4n) is 6.73. The highest BCUT2D eigenvalue weighted by atomic mass is 35.5. The molecule has 300 valence electrons. The van der Waals surface area contributed by atoms with E-state index in [1.54, 1.807) is 28.6 Å². The molecule has 0 bridgehead atoms. The van der Waals surface area contributed by atoms with E-state index in [1.807, 2.05) is 94.4 Å². The van der Waals surface area contributed by atoms with Gasteiger partial charge < -0.3 is 4.74 Å². The molecule has 4 aliphatic heterocycles. The third-order valence-electron chi connectivity index (χ3n) is 10.5. The van der Waals surface area contributed by atoms with Crippen LogP contribution in [0.2, 0.25) is 0 Å². The Morgan fingerprint density at radius 3 is 1.61 bits per heavy atom. The van der Waals surface area contributed by atoms with E-state index in [0.717, 1.165) is 59.1 Å². The summed E-state index contributed by atoms with van der Waals surface area (Å²) in [4.78, 5) is 9.44. The maximum Gasteiger partial charge on any atom is 0.243 e. The molecule has 4 heterocycles. The Balaban J connectivity index is 0.000000169. The molecule has 0 amide bonds. The Morgan fingerprint density at radius 2 is 1.12 bits per heavy atom. The summed E-state index contributed by atoms with van der Waals surface area (Å²) in [5, 5.41) is 0. The van der Waals surface area contributed by atoms with E-state index in [2.05, 4.69) is 21.9 Å². The van der Waals surface area contributed by atoms with Gasteiger partial charge in [0.05, 0.1) is 15.7 Å². The summed E-state index contributed by atoms with van der Waals surface area (Å²) in [6, 6.07) is 30.1. The molecule has 2 fully saturated rings. The number of fused-ring (bicyclic) bond motifs is 3. The lowest BCUT2D eigenvalue weighted by Crippen LogP contribution is -2.35. The average Bonchev–Trinajstić information content (AvgIpc) is 4.08. The van der Waals surface area contributed by atoms with Gasteiger partial charge in [0.25, 0.3) is 0 Å². The number of hydrogen-bond acceptors (Lipinski definition) is 7. The number of allylic oxidation sites excluding steroid dienone is 1. The second kappa shape index (κ2) is 17.8. The van der Waals surface area contributed by atoms with Crippen LogP contribution >= 0.6 is 23.2 Å². The first-order valence-corrected chi connectivity index (χ1v) is 22.7. The van der Waals surface area contributed by atoms with E-state index in [4.69, 9.17) is 27.9 Å². The summed E-state index contributed by atoms with van der Waals surface area (Å²) in [5.41, 5.74) is 7.21. The molecule has 56 heavy (non-hydrogen) atoms. The number of alkyl halides is 2. The second-order valence-corrected chi connectivity index (χ2v) is 19.5. The number of sulfonamides is 2. The molecular weight excluding hydrogens is 792 g/mol. The van der Waals surface area contributed by atoms with Gasteiger partial charge in [-0.1, -0.05) is 95.6 Å². The number of halogens is 2. The van der Waals surface area contributed by atoms with Gasteiger partial charge in [-0.15, -0.1) is 23.2 Å². The fraction of sp³-hybridized carbons (Fsp3) is 0.395. The summed E-state index contributed by atoms with van der Waals surface area (Å²) in [6.07, 6.45) is 5.22. The topological polar surface area (TPSA) is 112 Å². The molecule has 2 saturated heterocycles. The number of ether oxygens (including phenoxy) is 1. The number of benzene rings is 4. The van der Waals surface area contributed by atoms with Crippen molar-refractivity contribution in [1.82, 2.24) is 8.61 Å². The number of hydrogen-bond donors (Lipinski definition) is 0. The van der Waals surface area contributed by atoms with Gasteiger partial charge in [-0.2, -0.15) is 18.4 Å². The van der Waals surface area contributed by atoms with E-state index in [1.165, 1.54) is 9.87 Å². The van der Waals surface area contributed by atoms with Crippen molar-refractivity contribution >= 4 is 43.2 Å². The number of rotatable bonds is 6. The maximum absolute atomic E-state index is 13.3. The minimum atomic E-state index is -3.61. The minimum absolute atomic E-state index is 0.144. The normalized spacial score (nSPS) is 23.0. The van der Waals surface area contributed by atoms with Gasteiger partial charge in [0.1, 0.15) is 11.7 Å². The average molecular weight is 842 g/mol. The van der Waals surface area contributed by atoms with Gasteiger partial charge in [-0.3, -0.25) is 0 Å². The predicted octanol–water partition coefficient (Wildman–Crippen LogP) is 8.49. The summed E-state index contributed by atoms with van der Waals surface area (Å²) in [6.45, 7) is 9.00. The lowest BCUT2D eigenvalue weighted by atomic mass is 9.96. The van der Waals surface area contributed by atoms with Crippen LogP contribution in [0.4, 0.5) is 0 Å². The van der Waals surface area contributed by atoms with Crippen LogP contribution in [0.15, 0.2) is 119 Å². The van der Waals surface area contributed by atoms with Crippen LogP contribution < -0.4 is 0 Å². The molecule has 0 N–H and O–H groups in total. The maximum atomic E-state index is 13.3. The summed E-state index contributed by atoms with van der Waals surface area (Å²) in [5.74, 6) is 0.568. The zero-order valence-electron chi connectivity index (χ0n) is 32.3. The van der Waals surface area contributed by atoms with Crippen molar-refractivity contribution in [3.63, 3.8) is 0 Å². The van der Waals surface area contributed by atoms with Crippen LogP contribution in [0.1, 0.15) is 60.1 Å². The molecule has 4 aliphatic rings. The lowest BCUT2D eigenvalue weighted by Gasteiger charge is -2.22. The highest BCUT2D eigenvalue weighted by Crippen LogP contribution is 2.44. The first kappa shape index (κ1) is 42.5. The molecule has 0 spiro atoms. The molecular formula is C43H50Cl2N2O7S2. The van der Waals surface area contributed by atoms with Crippen LogP contribution in [0.3, 0.4) is 0 Å². The van der Waals surface area contributed by atoms with E-state index in [-0.39, 0.29) is 11.9 Å². The Labute approximate surface area is 342 Å². The van der Waals surface area contributed by atoms with Crippen LogP contribution in [-0.4, -0.2) is 67.8 Å². The van der Waals surface area contributed by atoms with Crippen LogP contribution in [0.25, 0.3) is 0 Å². The van der Waals surface area contributed by atoms with Gasteiger partial charge in [-0.05, 0) is 99.9 Å². The molecule has 9 nitrogen and oxygen atoms in total. The van der Waals surface area contributed by atoms with Crippen molar-refractivity contribution in [2.24, 2.45) is 0 Å². The van der Waals surface area contributed by atoms with Gasteiger partial charge in [0.2, 0.25) is 25.8 Å². The van der Waals surface area contributed by atoms with Gasteiger partial charge in [0.15, 0.2) is 0 Å². The smallest absolute Gasteiger partial charge is 0.243 e. The van der Waals surface area contributed by atoms with E-state index >= 15 is 0 Å². The molecule has 0 aromatic heterocycles. The third-order valence-corrected chi connectivity index (χ3v) is 14.9. The third kappa shape index (κ3) is 10.5. The number of aryl methyl sites for hydroxylation is 4.